The molecule has 2 aromatic rings. The molecule has 3 rings (SSSR count). The predicted octanol–water partition coefficient (Wildman–Crippen LogP) is 2.90. The quantitative estimate of drug-likeness (QED) is 0.482. The first-order valence-electron chi connectivity index (χ1n) is 9.06. The molecule has 0 atom stereocenters. The number of benzene rings is 2. The molecule has 27 heavy (non-hydrogen) atoms. The van der Waals surface area contributed by atoms with E-state index < -0.39 is 5.82 Å². The number of nitrogens with two attached hydrogens (primary N) is 2. The van der Waals surface area contributed by atoms with E-state index in [1.807, 2.05) is 25.1 Å². The maximum atomic E-state index is 14.6. The lowest BCUT2D eigenvalue weighted by atomic mass is 9.93. The van der Waals surface area contributed by atoms with Crippen LogP contribution in [-0.4, -0.2) is 19.0 Å². The normalized spacial score (nSPS) is 14.9. The Bertz CT molecular complexity index is 903. The Kier molecular flexibility index (Phi) is 5.35. The average molecular weight is 368 g/mol. The van der Waals surface area contributed by atoms with Crippen LogP contribution in [0, 0.1) is 12.7 Å². The van der Waals surface area contributed by atoms with Crippen LogP contribution in [0.5, 0.6) is 0 Å². The third kappa shape index (κ3) is 3.74. The summed E-state index contributed by atoms with van der Waals surface area (Å²) in [5.41, 5.74) is 15.6. The number of halogens is 1. The Morgan fingerprint density at radius 3 is 2.56 bits per heavy atom. The lowest BCUT2D eigenvalue weighted by Gasteiger charge is -2.27. The molecular weight excluding hydrogens is 343 g/mol. The van der Waals surface area contributed by atoms with Gasteiger partial charge in [-0.3, -0.25) is 4.79 Å². The summed E-state index contributed by atoms with van der Waals surface area (Å²) in [6.45, 7) is 1.93. The van der Waals surface area contributed by atoms with Crippen molar-refractivity contribution in [2.24, 2.45) is 5.73 Å². The first kappa shape index (κ1) is 18.8. The highest BCUT2D eigenvalue weighted by Crippen LogP contribution is 2.35. The molecule has 1 saturated carbocycles. The van der Waals surface area contributed by atoms with Crippen molar-refractivity contribution < 1.29 is 9.18 Å². The number of anilines is 1. The van der Waals surface area contributed by atoms with Gasteiger partial charge in [-0.1, -0.05) is 29.8 Å². The predicted molar refractivity (Wildman–Crippen MR) is 107 cm³/mol. The molecule has 0 heterocycles. The van der Waals surface area contributed by atoms with E-state index in [2.05, 4.69) is 10.6 Å². The third-order valence-corrected chi connectivity index (χ3v) is 4.98. The van der Waals surface area contributed by atoms with Crippen LogP contribution in [0.3, 0.4) is 0 Å². The van der Waals surface area contributed by atoms with Crippen LogP contribution < -0.4 is 22.1 Å². The van der Waals surface area contributed by atoms with Gasteiger partial charge in [0.15, 0.2) is 0 Å². The van der Waals surface area contributed by atoms with Crippen molar-refractivity contribution in [3.05, 3.63) is 59.0 Å². The number of amides is 1. The standard InChI is InChI=1S/C21H25FN4O/c1-12-5-3-6-13(11-12)17-16(22)10-9-15(18(17)23)20(25-2)19(24)21(27)26-14-7-4-8-14/h3,5-6,9-11,14,25H,4,7-8,23-24H2,1-2H3,(H,26,27)/b20-19+. The van der Waals surface area contributed by atoms with E-state index in [-0.39, 0.29) is 23.3 Å². The summed E-state index contributed by atoms with van der Waals surface area (Å²) in [6, 6.07) is 10.5. The second-order valence-corrected chi connectivity index (χ2v) is 6.89. The van der Waals surface area contributed by atoms with E-state index in [4.69, 9.17) is 11.5 Å². The van der Waals surface area contributed by atoms with Crippen molar-refractivity contribution in [1.82, 2.24) is 10.6 Å². The first-order valence-corrected chi connectivity index (χ1v) is 9.06. The van der Waals surface area contributed by atoms with Gasteiger partial charge in [0.2, 0.25) is 0 Å². The Morgan fingerprint density at radius 1 is 1.22 bits per heavy atom. The molecule has 5 nitrogen and oxygen atoms in total. The van der Waals surface area contributed by atoms with Gasteiger partial charge < -0.3 is 22.1 Å². The molecule has 1 amide bonds. The van der Waals surface area contributed by atoms with Crippen molar-refractivity contribution in [2.45, 2.75) is 32.2 Å². The lowest BCUT2D eigenvalue weighted by Crippen LogP contribution is -2.42. The van der Waals surface area contributed by atoms with Crippen LogP contribution in [-0.2, 0) is 4.79 Å². The van der Waals surface area contributed by atoms with E-state index in [1.54, 1.807) is 19.2 Å². The van der Waals surface area contributed by atoms with Crippen LogP contribution in [0.1, 0.15) is 30.4 Å². The Labute approximate surface area is 158 Å². The maximum absolute atomic E-state index is 14.6. The summed E-state index contributed by atoms with van der Waals surface area (Å²) in [5, 5.41) is 5.86. The van der Waals surface area contributed by atoms with Crippen LogP contribution in [0.25, 0.3) is 16.8 Å². The lowest BCUT2D eigenvalue weighted by molar-refractivity contribution is -0.118. The van der Waals surface area contributed by atoms with Gasteiger partial charge in [-0.15, -0.1) is 0 Å². The second-order valence-electron chi connectivity index (χ2n) is 6.89. The van der Waals surface area contributed by atoms with Gasteiger partial charge in [0, 0.05) is 24.2 Å². The molecule has 0 aliphatic heterocycles. The highest BCUT2D eigenvalue weighted by molar-refractivity contribution is 6.02. The number of nitrogens with one attached hydrogen (secondary N) is 2. The zero-order valence-electron chi connectivity index (χ0n) is 15.6. The maximum Gasteiger partial charge on any atom is 0.269 e. The molecule has 142 valence electrons. The van der Waals surface area contributed by atoms with Crippen LogP contribution in [0.4, 0.5) is 10.1 Å². The van der Waals surface area contributed by atoms with Gasteiger partial charge in [0.1, 0.15) is 11.5 Å². The van der Waals surface area contributed by atoms with E-state index in [0.29, 0.717) is 22.4 Å². The highest BCUT2D eigenvalue weighted by atomic mass is 19.1. The SMILES string of the molecule is CN/C(=C(/N)C(=O)NC1CCC1)c1ccc(F)c(-c2cccc(C)c2)c1N. The Morgan fingerprint density at radius 2 is 1.96 bits per heavy atom. The monoisotopic (exact) mass is 368 g/mol. The Balaban J connectivity index is 2.05. The van der Waals surface area contributed by atoms with Crippen LogP contribution in [0.2, 0.25) is 0 Å². The molecule has 0 bridgehead atoms. The summed E-state index contributed by atoms with van der Waals surface area (Å²) in [4.78, 5) is 12.4. The molecule has 6 N–H and O–H groups in total. The minimum atomic E-state index is -0.421. The van der Waals surface area contributed by atoms with E-state index in [0.717, 1.165) is 24.8 Å². The number of carbonyl (C=O) groups is 1. The number of aryl methyl sites for hydroxylation is 1. The molecule has 0 radical (unpaired) electrons. The van der Waals surface area contributed by atoms with Crippen molar-refractivity contribution in [1.29, 1.82) is 0 Å². The molecule has 1 fully saturated rings. The van der Waals surface area contributed by atoms with Gasteiger partial charge in [-0.25, -0.2) is 4.39 Å². The fraction of sp³-hybridized carbons (Fsp3) is 0.286. The molecule has 6 heteroatoms. The van der Waals surface area contributed by atoms with E-state index in [9.17, 15) is 9.18 Å². The molecule has 0 spiro atoms. The topological polar surface area (TPSA) is 93.2 Å². The number of hydrogen-bond acceptors (Lipinski definition) is 4. The molecule has 1 aliphatic carbocycles. The van der Waals surface area contributed by atoms with Crippen LogP contribution in [0.15, 0.2) is 42.1 Å². The summed E-state index contributed by atoms with van der Waals surface area (Å²) >= 11 is 0. The van der Waals surface area contributed by atoms with Gasteiger partial charge in [0.25, 0.3) is 5.91 Å². The first-order chi connectivity index (χ1) is 12.9. The van der Waals surface area contributed by atoms with E-state index in [1.165, 1.54) is 6.07 Å². The minimum Gasteiger partial charge on any atom is -0.398 e. The Hall–Kier alpha value is -3.02. The second kappa shape index (κ2) is 7.70. The third-order valence-electron chi connectivity index (χ3n) is 4.98. The fourth-order valence-corrected chi connectivity index (χ4v) is 3.25. The molecule has 2 aromatic carbocycles. The average Bonchev–Trinajstić information content (AvgIpc) is 2.60. The molecule has 0 unspecified atom stereocenters. The summed E-state index contributed by atoms with van der Waals surface area (Å²) < 4.78 is 14.6. The smallest absolute Gasteiger partial charge is 0.269 e. The van der Waals surface area contributed by atoms with Crippen molar-refractivity contribution in [3.8, 4) is 11.1 Å². The number of rotatable bonds is 5. The summed E-state index contributed by atoms with van der Waals surface area (Å²) in [5.74, 6) is -0.764. The van der Waals surface area contributed by atoms with Gasteiger partial charge >= 0.3 is 0 Å². The van der Waals surface area contributed by atoms with Gasteiger partial charge in [-0.05, 0) is 43.9 Å². The zero-order chi connectivity index (χ0) is 19.6. The fourth-order valence-electron chi connectivity index (χ4n) is 3.25. The number of carbonyl (C=O) groups excluding carboxylic acids is 1. The summed E-state index contributed by atoms with van der Waals surface area (Å²) in [7, 11) is 1.66. The number of nitrogen functional groups attached to an aromatic ring is 1. The molecule has 1 aliphatic rings. The van der Waals surface area contributed by atoms with Crippen molar-refractivity contribution >= 4 is 17.3 Å². The zero-order valence-corrected chi connectivity index (χ0v) is 15.6. The van der Waals surface area contributed by atoms with Crippen molar-refractivity contribution in [2.75, 3.05) is 12.8 Å². The van der Waals surface area contributed by atoms with Crippen LogP contribution >= 0.6 is 0 Å². The highest BCUT2D eigenvalue weighted by Gasteiger charge is 2.23. The minimum absolute atomic E-state index is 0.0397. The largest absolute Gasteiger partial charge is 0.398 e. The van der Waals surface area contributed by atoms with Gasteiger partial charge in [-0.2, -0.15) is 0 Å². The molecule has 0 aromatic heterocycles. The molecular formula is C21H25FN4O. The molecule has 0 saturated heterocycles. The summed E-state index contributed by atoms with van der Waals surface area (Å²) in [6.07, 6.45) is 3.03. The van der Waals surface area contributed by atoms with Crippen molar-refractivity contribution in [3.63, 3.8) is 0 Å². The number of hydrogen-bond donors (Lipinski definition) is 4. The van der Waals surface area contributed by atoms with Gasteiger partial charge in [0.05, 0.1) is 11.4 Å². The van der Waals surface area contributed by atoms with E-state index >= 15 is 0 Å².